The minimum Gasteiger partial charge on any atom is -0.480 e. The Morgan fingerprint density at radius 3 is 1.95 bits per heavy atom. The number of hydrogen-bond donors (Lipinski definition) is 2. The molecule has 0 rings (SSSR count). The van der Waals surface area contributed by atoms with Gasteiger partial charge in [-0.1, -0.05) is 27.7 Å². The Kier molecular flexibility index (Phi) is 5.84. The molecule has 0 aromatic rings. The second-order valence-electron chi connectivity index (χ2n) is 7.10. The molecule has 5 nitrogen and oxygen atoms in total. The van der Waals surface area contributed by atoms with E-state index in [1.54, 1.807) is 0 Å². The van der Waals surface area contributed by atoms with Gasteiger partial charge in [0, 0.05) is 12.1 Å². The van der Waals surface area contributed by atoms with Crippen molar-refractivity contribution < 1.29 is 14.7 Å². The molecule has 0 saturated heterocycles. The van der Waals surface area contributed by atoms with Crippen LogP contribution in [-0.4, -0.2) is 40.6 Å². The number of hydrogen-bond acceptors (Lipinski definition) is 2. The lowest BCUT2D eigenvalue weighted by molar-refractivity contribution is -0.138. The number of rotatable bonds is 4. The summed E-state index contributed by atoms with van der Waals surface area (Å²) in [6.07, 6.45) is 0. The molecule has 0 aromatic carbocycles. The third kappa shape index (κ3) is 6.45. The van der Waals surface area contributed by atoms with Crippen LogP contribution in [0.4, 0.5) is 4.79 Å². The van der Waals surface area contributed by atoms with Gasteiger partial charge in [-0.15, -0.1) is 0 Å². The molecule has 0 aromatic heterocycles. The van der Waals surface area contributed by atoms with Crippen LogP contribution in [0.1, 0.15) is 48.5 Å². The number of urea groups is 1. The van der Waals surface area contributed by atoms with Crippen molar-refractivity contribution in [1.29, 1.82) is 0 Å². The summed E-state index contributed by atoms with van der Waals surface area (Å²) in [5.41, 5.74) is -0.417. The van der Waals surface area contributed by atoms with Crippen LogP contribution < -0.4 is 5.32 Å². The Bertz CT molecular complexity index is 327. The second-order valence-corrected chi connectivity index (χ2v) is 7.10. The van der Waals surface area contributed by atoms with Crippen molar-refractivity contribution >= 4 is 12.0 Å². The van der Waals surface area contributed by atoms with Crippen LogP contribution in [0.15, 0.2) is 0 Å². The van der Waals surface area contributed by atoms with Crippen LogP contribution >= 0.6 is 0 Å². The predicted molar refractivity (Wildman–Crippen MR) is 76.1 cm³/mol. The standard InChI is InChI=1S/C14H28N2O3/c1-10(13(2,3)4)8-15-12(19)16(9-11(17)18)14(5,6)7/h10H,8-9H2,1-7H3,(H,15,19)(H,17,18). The van der Waals surface area contributed by atoms with Crippen molar-refractivity contribution in [2.45, 2.75) is 54.0 Å². The molecular weight excluding hydrogens is 244 g/mol. The molecule has 0 aliphatic carbocycles. The lowest BCUT2D eigenvalue weighted by Crippen LogP contribution is -2.53. The lowest BCUT2D eigenvalue weighted by Gasteiger charge is -2.35. The third-order valence-electron chi connectivity index (χ3n) is 3.39. The van der Waals surface area contributed by atoms with Gasteiger partial charge in [0.2, 0.25) is 0 Å². The fraction of sp³-hybridized carbons (Fsp3) is 0.857. The van der Waals surface area contributed by atoms with Crippen LogP contribution in [0.25, 0.3) is 0 Å². The predicted octanol–water partition coefficient (Wildman–Crippen LogP) is 2.56. The number of carbonyl (C=O) groups is 2. The zero-order valence-electron chi connectivity index (χ0n) is 13.2. The van der Waals surface area contributed by atoms with E-state index in [-0.39, 0.29) is 18.0 Å². The average Bonchev–Trinajstić information content (AvgIpc) is 2.18. The van der Waals surface area contributed by atoms with Gasteiger partial charge >= 0.3 is 12.0 Å². The maximum absolute atomic E-state index is 12.1. The molecule has 0 fully saturated rings. The van der Waals surface area contributed by atoms with Crippen molar-refractivity contribution in [3.05, 3.63) is 0 Å². The minimum absolute atomic E-state index is 0.104. The summed E-state index contributed by atoms with van der Waals surface area (Å²) in [7, 11) is 0. The van der Waals surface area contributed by atoms with E-state index < -0.39 is 11.5 Å². The summed E-state index contributed by atoms with van der Waals surface area (Å²) in [4.78, 5) is 24.3. The highest BCUT2D eigenvalue weighted by Gasteiger charge is 2.29. The van der Waals surface area contributed by atoms with Gasteiger partial charge in [-0.05, 0) is 32.1 Å². The van der Waals surface area contributed by atoms with Gasteiger partial charge in [-0.2, -0.15) is 0 Å². The van der Waals surface area contributed by atoms with Gasteiger partial charge in [0.1, 0.15) is 6.54 Å². The Hall–Kier alpha value is -1.26. The Balaban J connectivity index is 4.63. The molecule has 0 aliphatic heterocycles. The monoisotopic (exact) mass is 272 g/mol. The van der Waals surface area contributed by atoms with Gasteiger partial charge in [-0.3, -0.25) is 4.79 Å². The fourth-order valence-corrected chi connectivity index (χ4v) is 1.39. The zero-order chi connectivity index (χ0) is 15.4. The zero-order valence-corrected chi connectivity index (χ0v) is 13.2. The summed E-state index contributed by atoms with van der Waals surface area (Å²) >= 11 is 0. The Labute approximate surface area is 116 Å². The minimum atomic E-state index is -1.01. The number of carbonyl (C=O) groups excluding carboxylic acids is 1. The molecule has 0 aliphatic rings. The van der Waals surface area contributed by atoms with Crippen molar-refractivity contribution in [1.82, 2.24) is 10.2 Å². The SMILES string of the molecule is CC(CNC(=O)N(CC(=O)O)C(C)(C)C)C(C)(C)C. The van der Waals surface area contributed by atoms with Crippen molar-refractivity contribution in [3.8, 4) is 0 Å². The van der Waals surface area contributed by atoms with E-state index in [1.165, 1.54) is 4.90 Å². The topological polar surface area (TPSA) is 69.6 Å². The molecule has 0 radical (unpaired) electrons. The van der Waals surface area contributed by atoms with Crippen molar-refractivity contribution in [2.24, 2.45) is 11.3 Å². The van der Waals surface area contributed by atoms with Gasteiger partial charge in [-0.25, -0.2) is 4.79 Å². The highest BCUT2D eigenvalue weighted by molar-refractivity contribution is 5.80. The van der Waals surface area contributed by atoms with E-state index in [0.717, 1.165) is 0 Å². The van der Waals surface area contributed by atoms with Gasteiger partial charge < -0.3 is 15.3 Å². The van der Waals surface area contributed by atoms with Crippen LogP contribution in [0, 0.1) is 11.3 Å². The van der Waals surface area contributed by atoms with Crippen LogP contribution in [0.2, 0.25) is 0 Å². The highest BCUT2D eigenvalue weighted by atomic mass is 16.4. The van der Waals surface area contributed by atoms with Crippen LogP contribution in [0.3, 0.4) is 0 Å². The van der Waals surface area contributed by atoms with E-state index in [0.29, 0.717) is 12.5 Å². The van der Waals surface area contributed by atoms with Gasteiger partial charge in [0.05, 0.1) is 0 Å². The molecule has 2 amide bonds. The summed E-state index contributed by atoms with van der Waals surface area (Å²) in [5, 5.41) is 11.7. The lowest BCUT2D eigenvalue weighted by atomic mass is 9.82. The summed E-state index contributed by atoms with van der Waals surface area (Å²) in [6.45, 7) is 14.1. The average molecular weight is 272 g/mol. The number of nitrogens with one attached hydrogen (secondary N) is 1. The van der Waals surface area contributed by atoms with E-state index >= 15 is 0 Å². The van der Waals surface area contributed by atoms with E-state index in [9.17, 15) is 9.59 Å². The summed E-state index contributed by atoms with van der Waals surface area (Å²) in [5.74, 6) is -0.697. The quantitative estimate of drug-likeness (QED) is 0.826. The van der Waals surface area contributed by atoms with E-state index in [2.05, 4.69) is 33.0 Å². The van der Waals surface area contributed by atoms with Crippen LogP contribution in [-0.2, 0) is 4.79 Å². The summed E-state index contributed by atoms with van der Waals surface area (Å²) < 4.78 is 0. The van der Waals surface area contributed by atoms with Gasteiger partial charge in [0.25, 0.3) is 0 Å². The molecular formula is C14H28N2O3. The first-order chi connectivity index (χ1) is 8.35. The molecule has 0 saturated carbocycles. The maximum atomic E-state index is 12.1. The summed E-state index contributed by atoms with van der Waals surface area (Å²) in [6, 6.07) is -0.328. The molecule has 0 heterocycles. The molecule has 19 heavy (non-hydrogen) atoms. The van der Waals surface area contributed by atoms with E-state index in [4.69, 9.17) is 5.11 Å². The number of carboxylic acids is 1. The Morgan fingerprint density at radius 1 is 1.16 bits per heavy atom. The molecule has 1 unspecified atom stereocenters. The number of carboxylic acid groups (broad SMARTS) is 1. The second kappa shape index (κ2) is 6.26. The van der Waals surface area contributed by atoms with E-state index in [1.807, 2.05) is 20.8 Å². The Morgan fingerprint density at radius 2 is 1.63 bits per heavy atom. The normalized spacial score (nSPS) is 13.8. The number of amides is 2. The maximum Gasteiger partial charge on any atom is 0.323 e. The molecule has 0 bridgehead atoms. The first-order valence-corrected chi connectivity index (χ1v) is 6.63. The van der Waals surface area contributed by atoms with Crippen molar-refractivity contribution in [2.75, 3.05) is 13.1 Å². The van der Waals surface area contributed by atoms with Crippen molar-refractivity contribution in [3.63, 3.8) is 0 Å². The first-order valence-electron chi connectivity index (χ1n) is 6.63. The largest absolute Gasteiger partial charge is 0.480 e. The van der Waals surface area contributed by atoms with Gasteiger partial charge in [0.15, 0.2) is 0 Å². The smallest absolute Gasteiger partial charge is 0.323 e. The highest BCUT2D eigenvalue weighted by Crippen LogP contribution is 2.24. The number of nitrogens with zero attached hydrogens (tertiary/aromatic N) is 1. The number of aliphatic carboxylic acids is 1. The molecule has 5 heteroatoms. The first kappa shape index (κ1) is 17.7. The molecule has 0 spiro atoms. The molecule has 2 N–H and O–H groups in total. The third-order valence-corrected chi connectivity index (χ3v) is 3.39. The molecule has 112 valence electrons. The fourth-order valence-electron chi connectivity index (χ4n) is 1.39. The molecule has 1 atom stereocenters. The van der Waals surface area contributed by atoms with Crippen LogP contribution in [0.5, 0.6) is 0 Å².